The molecule has 6 rings (SSSR count). The lowest BCUT2D eigenvalue weighted by atomic mass is 9.88. The number of carbonyl (C=O) groups is 1. The van der Waals surface area contributed by atoms with Gasteiger partial charge in [0.05, 0.1) is 24.3 Å². The largest absolute Gasteiger partial charge is 0.396 e. The van der Waals surface area contributed by atoms with Gasteiger partial charge in [0.1, 0.15) is 6.33 Å². The van der Waals surface area contributed by atoms with Crippen molar-refractivity contribution < 1.29 is 9.90 Å². The number of nitrogens with one attached hydrogen (secondary N) is 1. The monoisotopic (exact) mass is 472 g/mol. The van der Waals surface area contributed by atoms with E-state index in [1.54, 1.807) is 24.7 Å². The fourth-order valence-corrected chi connectivity index (χ4v) is 5.87. The fourth-order valence-electron chi connectivity index (χ4n) is 5.87. The van der Waals surface area contributed by atoms with Crippen molar-refractivity contribution in [3.63, 3.8) is 0 Å². The number of hydrogen-bond acceptors (Lipinski definition) is 7. The predicted molar refractivity (Wildman–Crippen MR) is 128 cm³/mol. The molecule has 5 heterocycles. The Morgan fingerprint density at radius 1 is 1.09 bits per heavy atom. The van der Waals surface area contributed by atoms with Crippen molar-refractivity contribution in [1.82, 2.24) is 29.7 Å². The van der Waals surface area contributed by atoms with Gasteiger partial charge >= 0.3 is 0 Å². The van der Waals surface area contributed by atoms with Crippen molar-refractivity contribution >= 4 is 5.91 Å². The Morgan fingerprint density at radius 3 is 2.60 bits per heavy atom. The summed E-state index contributed by atoms with van der Waals surface area (Å²) < 4.78 is 1.85. The number of nitrogens with zero attached hydrogens (tertiary/aromatic N) is 5. The Morgan fingerprint density at radius 2 is 1.89 bits per heavy atom. The average molecular weight is 473 g/mol. The third-order valence-corrected chi connectivity index (χ3v) is 7.70. The molecule has 9 heteroatoms. The first-order chi connectivity index (χ1) is 17.2. The molecule has 180 valence electrons. The van der Waals surface area contributed by atoms with E-state index in [1.165, 1.54) is 6.33 Å². The van der Waals surface area contributed by atoms with Crippen LogP contribution in [0.3, 0.4) is 0 Å². The highest BCUT2D eigenvalue weighted by Gasteiger charge is 2.56. The summed E-state index contributed by atoms with van der Waals surface area (Å²) in [5, 5.41) is 13.5. The van der Waals surface area contributed by atoms with E-state index in [0.717, 1.165) is 36.3 Å². The summed E-state index contributed by atoms with van der Waals surface area (Å²) >= 11 is 0. The Labute approximate surface area is 202 Å². The van der Waals surface area contributed by atoms with Crippen LogP contribution in [0.4, 0.5) is 0 Å². The number of likely N-dealkylation sites (tertiary alicyclic amines) is 1. The van der Waals surface area contributed by atoms with Crippen LogP contribution >= 0.6 is 0 Å². The van der Waals surface area contributed by atoms with E-state index in [-0.39, 0.29) is 36.0 Å². The lowest BCUT2D eigenvalue weighted by molar-refractivity contribution is -0.128. The third-order valence-electron chi connectivity index (χ3n) is 7.70. The fraction of sp³-hybridized carbons (Fsp3) is 0.423. The van der Waals surface area contributed by atoms with E-state index >= 15 is 0 Å². The lowest BCUT2D eigenvalue weighted by Gasteiger charge is -2.31. The average Bonchev–Trinajstić information content (AvgIpc) is 3.55. The quantitative estimate of drug-likeness (QED) is 0.534. The molecular formula is C26H28N6O3. The molecular weight excluding hydrogens is 444 g/mol. The molecule has 4 atom stereocenters. The Balaban J connectivity index is 1.33. The van der Waals surface area contributed by atoms with Crippen LogP contribution < -0.4 is 10.9 Å². The molecule has 1 amide bonds. The molecule has 1 saturated carbocycles. The zero-order valence-electron chi connectivity index (χ0n) is 19.3. The summed E-state index contributed by atoms with van der Waals surface area (Å²) in [6.45, 7) is 1.51. The summed E-state index contributed by atoms with van der Waals surface area (Å²) in [5.41, 5.74) is 3.12. The molecule has 9 nitrogen and oxygen atoms in total. The van der Waals surface area contributed by atoms with E-state index in [4.69, 9.17) is 0 Å². The van der Waals surface area contributed by atoms with Crippen molar-refractivity contribution in [2.75, 3.05) is 13.2 Å². The van der Waals surface area contributed by atoms with Crippen LogP contribution in [0.5, 0.6) is 0 Å². The van der Waals surface area contributed by atoms with Gasteiger partial charge in [-0.05, 0) is 54.7 Å². The van der Waals surface area contributed by atoms with Crippen molar-refractivity contribution in [2.24, 2.45) is 17.8 Å². The maximum atomic E-state index is 13.5. The van der Waals surface area contributed by atoms with Gasteiger partial charge in [-0.3, -0.25) is 19.5 Å². The van der Waals surface area contributed by atoms with Gasteiger partial charge in [0, 0.05) is 61.4 Å². The molecule has 2 N–H and O–H groups in total. The number of aliphatic hydroxyl groups is 1. The van der Waals surface area contributed by atoms with Crippen molar-refractivity contribution in [1.29, 1.82) is 0 Å². The minimum absolute atomic E-state index is 0.00561. The van der Waals surface area contributed by atoms with Crippen molar-refractivity contribution in [3.05, 3.63) is 77.0 Å². The molecule has 3 aromatic heterocycles. The highest BCUT2D eigenvalue weighted by Crippen LogP contribution is 2.50. The van der Waals surface area contributed by atoms with E-state index in [1.807, 2.05) is 28.8 Å². The zero-order chi connectivity index (χ0) is 23.9. The molecule has 0 aromatic carbocycles. The number of amides is 1. The van der Waals surface area contributed by atoms with Crippen LogP contribution in [0.1, 0.15) is 30.3 Å². The predicted octanol–water partition coefficient (Wildman–Crippen LogP) is 1.39. The smallest absolute Gasteiger partial charge is 0.258 e. The van der Waals surface area contributed by atoms with Crippen LogP contribution in [-0.2, 0) is 17.9 Å². The number of fused-ring (bicyclic) bond motifs is 3. The van der Waals surface area contributed by atoms with Crippen LogP contribution in [0, 0.1) is 17.8 Å². The number of pyridine rings is 2. The summed E-state index contributed by atoms with van der Waals surface area (Å²) in [5.74, 6) is 0.198. The second kappa shape index (κ2) is 8.98. The number of carbonyl (C=O) groups excluding carboxylic acids is 1. The number of rotatable bonds is 7. The van der Waals surface area contributed by atoms with Gasteiger partial charge in [-0.1, -0.05) is 0 Å². The summed E-state index contributed by atoms with van der Waals surface area (Å²) in [7, 11) is 0. The molecule has 3 aliphatic rings. The lowest BCUT2D eigenvalue weighted by Crippen LogP contribution is -2.48. The van der Waals surface area contributed by atoms with Crippen molar-refractivity contribution in [2.45, 2.75) is 38.0 Å². The van der Waals surface area contributed by atoms with E-state index in [9.17, 15) is 14.7 Å². The molecule has 2 aliphatic heterocycles. The van der Waals surface area contributed by atoms with Gasteiger partial charge in [0.25, 0.3) is 5.56 Å². The maximum Gasteiger partial charge on any atom is 0.258 e. The van der Waals surface area contributed by atoms with E-state index in [0.29, 0.717) is 24.6 Å². The van der Waals surface area contributed by atoms with Gasteiger partial charge in [-0.2, -0.15) is 0 Å². The van der Waals surface area contributed by atoms with E-state index in [2.05, 4.69) is 25.2 Å². The molecule has 0 spiro atoms. The van der Waals surface area contributed by atoms with Crippen LogP contribution in [0.2, 0.25) is 0 Å². The van der Waals surface area contributed by atoms with Gasteiger partial charge in [0.15, 0.2) is 0 Å². The molecule has 1 saturated heterocycles. The normalized spacial score (nSPS) is 25.3. The number of hydrogen-bond donors (Lipinski definition) is 2. The van der Waals surface area contributed by atoms with Gasteiger partial charge in [-0.15, -0.1) is 0 Å². The molecule has 1 aliphatic carbocycles. The molecule has 0 bridgehead atoms. The van der Waals surface area contributed by atoms with Gasteiger partial charge in [-0.25, -0.2) is 9.97 Å². The van der Waals surface area contributed by atoms with Crippen LogP contribution in [-0.4, -0.2) is 54.6 Å². The maximum absolute atomic E-state index is 13.5. The Hall–Kier alpha value is -3.43. The van der Waals surface area contributed by atoms with Crippen LogP contribution in [0.15, 0.2) is 60.0 Å². The second-order valence-electron chi connectivity index (χ2n) is 9.78. The number of aliphatic hydroxyl groups excluding tert-OH is 1. The summed E-state index contributed by atoms with van der Waals surface area (Å²) in [4.78, 5) is 41.4. The topological polar surface area (TPSA) is 113 Å². The van der Waals surface area contributed by atoms with Gasteiger partial charge < -0.3 is 15.0 Å². The minimum Gasteiger partial charge on any atom is -0.396 e. The highest BCUT2D eigenvalue weighted by atomic mass is 16.3. The van der Waals surface area contributed by atoms with E-state index < -0.39 is 6.04 Å². The summed E-state index contributed by atoms with van der Waals surface area (Å²) in [6.07, 6.45) is 8.80. The SMILES string of the molecule is O=C(NCc1ccncn1)[C@@H]1[C@@H](CO)[C@@H]2Cn3c(ccc(-c4ccncc4)c3=O)[C@@H]2N1CC1CC1. The standard InChI is InChI=1S/C26H28N6O3/c33-14-21-20-13-31-22(4-3-19(26(31)35)17-5-8-27-9-6-17)23(20)32(12-16-1-2-16)24(21)25(34)29-11-18-7-10-28-15-30-18/h3-10,15-16,20-21,23-24,33H,1-2,11-14H2,(H,29,34)/t20-,21-,23+,24-/m0/s1. The molecule has 3 aromatic rings. The van der Waals surface area contributed by atoms with Gasteiger partial charge in [0.2, 0.25) is 5.91 Å². The highest BCUT2D eigenvalue weighted by molar-refractivity contribution is 5.82. The molecule has 2 fully saturated rings. The first-order valence-corrected chi connectivity index (χ1v) is 12.2. The first kappa shape index (κ1) is 22.1. The Kier molecular flexibility index (Phi) is 5.66. The van der Waals surface area contributed by atoms with Crippen molar-refractivity contribution in [3.8, 4) is 11.1 Å². The molecule has 35 heavy (non-hydrogen) atoms. The number of aromatic nitrogens is 4. The third kappa shape index (κ3) is 3.94. The minimum atomic E-state index is -0.443. The Bertz CT molecular complexity index is 1280. The molecule has 0 unspecified atom stereocenters. The summed E-state index contributed by atoms with van der Waals surface area (Å²) in [6, 6.07) is 8.86. The first-order valence-electron chi connectivity index (χ1n) is 12.2. The second-order valence-corrected chi connectivity index (χ2v) is 9.78. The zero-order valence-corrected chi connectivity index (χ0v) is 19.3. The molecule has 0 radical (unpaired) electrons. The van der Waals surface area contributed by atoms with Crippen LogP contribution in [0.25, 0.3) is 11.1 Å².